The molecule has 0 aromatic heterocycles. The van der Waals surface area contributed by atoms with Crippen LogP contribution in [0.3, 0.4) is 0 Å². The van der Waals surface area contributed by atoms with Gasteiger partial charge < -0.3 is 10.6 Å². The fraction of sp³-hybridized carbons (Fsp3) is 0.538. The summed E-state index contributed by atoms with van der Waals surface area (Å²) in [4.78, 5) is 10.7. The number of piperidine rings is 1. The lowest BCUT2D eigenvalue weighted by Crippen LogP contribution is -2.31. The number of nitrogens with one attached hydrogen (secondary N) is 2. The van der Waals surface area contributed by atoms with Crippen molar-refractivity contribution in [3.8, 4) is 0 Å². The summed E-state index contributed by atoms with van der Waals surface area (Å²) in [6.45, 7) is 4.67. The molecule has 1 heterocycles. The molecule has 0 amide bonds. The van der Waals surface area contributed by atoms with Crippen LogP contribution < -0.4 is 10.6 Å². The number of rotatable bonds is 4. The Morgan fingerprint density at radius 1 is 1.44 bits per heavy atom. The molecule has 0 atom stereocenters. The van der Waals surface area contributed by atoms with E-state index in [4.69, 9.17) is 0 Å². The number of nitro benzene ring substituents is 1. The van der Waals surface area contributed by atoms with Crippen molar-refractivity contribution in [3.63, 3.8) is 0 Å². The quantitative estimate of drug-likeness (QED) is 0.634. The average Bonchev–Trinajstić information content (AvgIpc) is 2.37. The van der Waals surface area contributed by atoms with Gasteiger partial charge in [0.2, 0.25) is 0 Å². The first kappa shape index (κ1) is 12.8. The number of hydrogen-bond donors (Lipinski definition) is 2. The second kappa shape index (κ2) is 5.82. The summed E-state index contributed by atoms with van der Waals surface area (Å²) in [5, 5.41) is 17.6. The van der Waals surface area contributed by atoms with Gasteiger partial charge >= 0.3 is 0 Å². The zero-order valence-corrected chi connectivity index (χ0v) is 10.6. The molecule has 2 rings (SSSR count). The van der Waals surface area contributed by atoms with Crippen molar-refractivity contribution in [1.82, 2.24) is 5.32 Å². The molecule has 0 saturated carbocycles. The van der Waals surface area contributed by atoms with Gasteiger partial charge in [0.1, 0.15) is 5.69 Å². The highest BCUT2D eigenvalue weighted by molar-refractivity contribution is 5.64. The highest BCUT2D eigenvalue weighted by Gasteiger charge is 2.18. The van der Waals surface area contributed by atoms with E-state index in [2.05, 4.69) is 10.6 Å². The van der Waals surface area contributed by atoms with Gasteiger partial charge in [0.15, 0.2) is 0 Å². The van der Waals surface area contributed by atoms with Crippen LogP contribution in [-0.4, -0.2) is 24.6 Å². The minimum atomic E-state index is -0.305. The van der Waals surface area contributed by atoms with E-state index in [9.17, 15) is 10.1 Å². The zero-order chi connectivity index (χ0) is 13.0. The maximum absolute atomic E-state index is 11.0. The van der Waals surface area contributed by atoms with Crippen LogP contribution in [0.2, 0.25) is 0 Å². The molecule has 0 unspecified atom stereocenters. The van der Waals surface area contributed by atoms with Crippen molar-refractivity contribution in [1.29, 1.82) is 0 Å². The minimum absolute atomic E-state index is 0.200. The van der Waals surface area contributed by atoms with E-state index < -0.39 is 0 Å². The standard InChI is InChI=1S/C13H19N3O2/c1-10-3-2-4-12(13(10)16(17)18)15-9-11-5-7-14-8-6-11/h2-4,11,14-15H,5-9H2,1H3. The summed E-state index contributed by atoms with van der Waals surface area (Å²) in [6, 6.07) is 5.41. The van der Waals surface area contributed by atoms with Crippen LogP contribution in [-0.2, 0) is 0 Å². The highest BCUT2D eigenvalue weighted by atomic mass is 16.6. The summed E-state index contributed by atoms with van der Waals surface area (Å²) in [5.41, 5.74) is 1.54. The zero-order valence-electron chi connectivity index (χ0n) is 10.6. The first-order chi connectivity index (χ1) is 8.68. The molecule has 1 aliphatic rings. The second-order valence-corrected chi connectivity index (χ2v) is 4.80. The Bertz CT molecular complexity index is 428. The van der Waals surface area contributed by atoms with Crippen LogP contribution in [0.1, 0.15) is 18.4 Å². The fourth-order valence-corrected chi connectivity index (χ4v) is 2.38. The van der Waals surface area contributed by atoms with Gasteiger partial charge in [-0.25, -0.2) is 0 Å². The molecule has 18 heavy (non-hydrogen) atoms. The second-order valence-electron chi connectivity index (χ2n) is 4.80. The van der Waals surface area contributed by atoms with Gasteiger partial charge in [-0.1, -0.05) is 12.1 Å². The van der Waals surface area contributed by atoms with Crippen molar-refractivity contribution < 1.29 is 4.92 Å². The minimum Gasteiger partial charge on any atom is -0.379 e. The Labute approximate surface area is 107 Å². The Balaban J connectivity index is 2.04. The number of nitro groups is 1. The summed E-state index contributed by atoms with van der Waals surface area (Å²) >= 11 is 0. The van der Waals surface area contributed by atoms with E-state index in [1.165, 1.54) is 0 Å². The van der Waals surface area contributed by atoms with Crippen LogP contribution in [0.15, 0.2) is 18.2 Å². The Kier molecular flexibility index (Phi) is 4.15. The normalized spacial score (nSPS) is 16.5. The highest BCUT2D eigenvalue weighted by Crippen LogP contribution is 2.28. The lowest BCUT2D eigenvalue weighted by atomic mass is 9.98. The first-order valence-electron chi connectivity index (χ1n) is 6.37. The van der Waals surface area contributed by atoms with E-state index in [1.807, 2.05) is 6.07 Å². The topological polar surface area (TPSA) is 67.2 Å². The smallest absolute Gasteiger partial charge is 0.295 e. The van der Waals surface area contributed by atoms with Crippen LogP contribution in [0.5, 0.6) is 0 Å². The third-order valence-electron chi connectivity index (χ3n) is 3.46. The van der Waals surface area contributed by atoms with Crippen molar-refractivity contribution in [3.05, 3.63) is 33.9 Å². The average molecular weight is 249 g/mol. The van der Waals surface area contributed by atoms with E-state index in [0.717, 1.165) is 32.5 Å². The molecule has 1 fully saturated rings. The number of para-hydroxylation sites is 1. The predicted octanol–water partition coefficient (Wildman–Crippen LogP) is 2.31. The summed E-state index contributed by atoms with van der Waals surface area (Å²) < 4.78 is 0. The molecule has 0 spiro atoms. The monoisotopic (exact) mass is 249 g/mol. The van der Waals surface area contributed by atoms with E-state index in [1.54, 1.807) is 19.1 Å². The van der Waals surface area contributed by atoms with Crippen LogP contribution >= 0.6 is 0 Å². The van der Waals surface area contributed by atoms with Crippen LogP contribution in [0, 0.1) is 23.0 Å². The number of anilines is 1. The Hall–Kier alpha value is -1.62. The molecule has 1 saturated heterocycles. The number of hydrogen-bond acceptors (Lipinski definition) is 4. The maximum atomic E-state index is 11.0. The molecule has 1 aliphatic heterocycles. The molecule has 5 heteroatoms. The Morgan fingerprint density at radius 2 is 2.17 bits per heavy atom. The molecule has 2 N–H and O–H groups in total. The fourth-order valence-electron chi connectivity index (χ4n) is 2.38. The first-order valence-corrected chi connectivity index (χ1v) is 6.37. The molecular formula is C13H19N3O2. The van der Waals surface area contributed by atoms with Gasteiger partial charge in [0, 0.05) is 12.1 Å². The van der Waals surface area contributed by atoms with Gasteiger partial charge in [0.05, 0.1) is 4.92 Å². The van der Waals surface area contributed by atoms with Gasteiger partial charge in [-0.3, -0.25) is 10.1 Å². The molecule has 5 nitrogen and oxygen atoms in total. The van der Waals surface area contributed by atoms with Crippen molar-refractivity contribution in [2.45, 2.75) is 19.8 Å². The summed E-state index contributed by atoms with van der Waals surface area (Å²) in [7, 11) is 0. The molecule has 98 valence electrons. The van der Waals surface area contributed by atoms with Crippen LogP contribution in [0.25, 0.3) is 0 Å². The largest absolute Gasteiger partial charge is 0.379 e. The number of nitrogens with zero attached hydrogens (tertiary/aromatic N) is 1. The molecule has 0 radical (unpaired) electrons. The van der Waals surface area contributed by atoms with Gasteiger partial charge in [-0.2, -0.15) is 0 Å². The van der Waals surface area contributed by atoms with Crippen LogP contribution in [0.4, 0.5) is 11.4 Å². The third kappa shape index (κ3) is 2.98. The predicted molar refractivity (Wildman–Crippen MR) is 71.9 cm³/mol. The molecule has 1 aromatic carbocycles. The van der Waals surface area contributed by atoms with E-state index in [-0.39, 0.29) is 10.6 Å². The van der Waals surface area contributed by atoms with E-state index >= 15 is 0 Å². The van der Waals surface area contributed by atoms with Crippen molar-refractivity contribution >= 4 is 11.4 Å². The number of aryl methyl sites for hydroxylation is 1. The molecule has 0 aliphatic carbocycles. The summed E-state index contributed by atoms with van der Waals surface area (Å²) in [5.74, 6) is 0.603. The lowest BCUT2D eigenvalue weighted by molar-refractivity contribution is -0.384. The molecule has 1 aromatic rings. The van der Waals surface area contributed by atoms with Gasteiger partial charge in [-0.15, -0.1) is 0 Å². The maximum Gasteiger partial charge on any atom is 0.295 e. The summed E-state index contributed by atoms with van der Waals surface area (Å²) in [6.07, 6.45) is 2.26. The van der Waals surface area contributed by atoms with Gasteiger partial charge in [0.25, 0.3) is 5.69 Å². The lowest BCUT2D eigenvalue weighted by Gasteiger charge is -2.23. The SMILES string of the molecule is Cc1cccc(NCC2CCNCC2)c1[N+](=O)[O-]. The Morgan fingerprint density at radius 3 is 2.83 bits per heavy atom. The van der Waals surface area contributed by atoms with Crippen molar-refractivity contribution in [2.24, 2.45) is 5.92 Å². The van der Waals surface area contributed by atoms with Gasteiger partial charge in [-0.05, 0) is 44.8 Å². The van der Waals surface area contributed by atoms with Crippen molar-refractivity contribution in [2.75, 3.05) is 25.0 Å². The van der Waals surface area contributed by atoms with E-state index in [0.29, 0.717) is 17.2 Å². The third-order valence-corrected chi connectivity index (χ3v) is 3.46. The molecule has 0 bridgehead atoms. The molecular weight excluding hydrogens is 230 g/mol. The number of benzene rings is 1.